The molecule has 75 heavy (non-hydrogen) atoms. The van der Waals surface area contributed by atoms with Crippen molar-refractivity contribution in [2.45, 2.75) is 134 Å². The molecular formula is C58H72F2N8O7. The molecule has 4 saturated heterocycles. The first-order chi connectivity index (χ1) is 36.2. The summed E-state index contributed by atoms with van der Waals surface area (Å²) >= 11 is 0. The maximum absolute atomic E-state index is 15.9. The van der Waals surface area contributed by atoms with Crippen molar-refractivity contribution in [3.05, 3.63) is 111 Å². The van der Waals surface area contributed by atoms with Gasteiger partial charge in [-0.1, -0.05) is 56.5 Å². The Labute approximate surface area is 437 Å². The van der Waals surface area contributed by atoms with Gasteiger partial charge in [0.15, 0.2) is 0 Å². The van der Waals surface area contributed by atoms with Gasteiger partial charge in [0.05, 0.1) is 41.0 Å². The Morgan fingerprint density at radius 2 is 1.43 bits per heavy atom. The number of halogens is 2. The monoisotopic (exact) mass is 1030 g/mol. The molecule has 400 valence electrons. The van der Waals surface area contributed by atoms with Crippen molar-refractivity contribution in [3.8, 4) is 0 Å². The number of likely N-dealkylation sites (tertiary alicyclic amines) is 3. The Bertz CT molecular complexity index is 2830. The molecule has 2 aliphatic carbocycles. The molecule has 17 heteroatoms. The largest absolute Gasteiger partial charge is 0.375 e. The molecule has 15 nitrogen and oxygen atoms in total. The predicted molar refractivity (Wildman–Crippen MR) is 279 cm³/mol. The zero-order chi connectivity index (χ0) is 52.4. The van der Waals surface area contributed by atoms with Crippen LogP contribution in [0.25, 0.3) is 10.8 Å². The molecule has 0 radical (unpaired) electrons. The van der Waals surface area contributed by atoms with Crippen molar-refractivity contribution in [2.24, 2.45) is 11.3 Å². The molecule has 0 bridgehead atoms. The van der Waals surface area contributed by atoms with E-state index < -0.39 is 29.5 Å². The number of fused-ring (bicyclic) bond motifs is 1. The summed E-state index contributed by atoms with van der Waals surface area (Å²) in [6.45, 7) is 8.72. The highest BCUT2D eigenvalue weighted by molar-refractivity contribution is 5.98. The number of hydrogen-bond acceptors (Lipinski definition) is 9. The molecule has 5 amide bonds. The van der Waals surface area contributed by atoms with Gasteiger partial charge in [0.25, 0.3) is 17.4 Å². The fourth-order valence-corrected chi connectivity index (χ4v) is 12.4. The Balaban J connectivity index is 0.655. The maximum Gasteiger partial charge on any atom is 0.272 e. The normalized spacial score (nSPS) is 22.5. The zero-order valence-corrected chi connectivity index (χ0v) is 43.5. The topological polar surface area (TPSA) is 169 Å². The second-order valence-electron chi connectivity index (χ2n) is 22.6. The standard InChI is InChI=1S/C58H72F2N8O7/c1-37-32-41(16-27-68(37)57(74)58(2)21-22-58)40-13-14-46(49(60)35-40)53(70)61-52(39-8-4-3-5-9-39)56(73)66-25-19-43(20-26-66)75-42-17-23-64(24-18-42)36-51(69)65-28-30-67(31-29-65)55(72)47-33-38(12-15-48(47)59)34-50-44-10-6-7-11-45(44)54(71)63-62-50/h6-7,10-15,33,35,37,39,41-43,52H,3-5,8-9,16-32,34,36H2,1-2H3,(H,61,70)(H,63,71)/t37-,41?,52-/m1/s1. The number of ether oxygens (including phenoxy) is 1. The molecule has 10 rings (SSSR count). The highest BCUT2D eigenvalue weighted by atomic mass is 19.1. The Morgan fingerprint density at radius 1 is 0.747 bits per heavy atom. The molecule has 4 aromatic rings. The Hall–Kier alpha value is -6.07. The van der Waals surface area contributed by atoms with E-state index in [-0.39, 0.29) is 89.5 Å². The fraction of sp³-hybridized carbons (Fsp3) is 0.569. The third-order valence-electron chi connectivity index (χ3n) is 17.4. The number of nitrogens with one attached hydrogen (secondary N) is 2. The van der Waals surface area contributed by atoms with Gasteiger partial charge in [-0.2, -0.15) is 5.10 Å². The molecule has 1 aromatic heterocycles. The van der Waals surface area contributed by atoms with Crippen LogP contribution in [0.2, 0.25) is 0 Å². The summed E-state index contributed by atoms with van der Waals surface area (Å²) in [5, 5.41) is 11.0. The van der Waals surface area contributed by atoms with Gasteiger partial charge in [-0.3, -0.25) is 33.7 Å². The number of benzene rings is 3. The van der Waals surface area contributed by atoms with E-state index >= 15 is 8.78 Å². The molecule has 2 saturated carbocycles. The van der Waals surface area contributed by atoms with Crippen molar-refractivity contribution in [1.29, 1.82) is 0 Å². The van der Waals surface area contributed by atoms with E-state index in [2.05, 4.69) is 27.3 Å². The first kappa shape index (κ1) is 52.4. The van der Waals surface area contributed by atoms with Gasteiger partial charge in [0.2, 0.25) is 17.7 Å². The minimum atomic E-state index is -0.738. The van der Waals surface area contributed by atoms with Crippen LogP contribution in [-0.2, 0) is 25.5 Å². The van der Waals surface area contributed by atoms with Crippen LogP contribution in [-0.4, -0.2) is 154 Å². The SMILES string of the molecule is C[C@@H]1CC(c2ccc(C(=O)N[C@@H](C(=O)N3CCC(OC4CCN(CC(=O)N5CCN(C(=O)c6cc(Cc7n[nH]c(=O)c8ccccc78)ccc6F)CC5)CC4)CC3)C3CCCCC3)c(F)c2)CCN1C(=O)C1(C)CC1. The van der Waals surface area contributed by atoms with Crippen LogP contribution in [0.4, 0.5) is 8.78 Å². The summed E-state index contributed by atoms with van der Waals surface area (Å²) in [6, 6.07) is 15.8. The lowest BCUT2D eigenvalue weighted by Crippen LogP contribution is -2.55. The van der Waals surface area contributed by atoms with Crippen molar-refractivity contribution in [1.82, 2.24) is 40.0 Å². The van der Waals surface area contributed by atoms with Crippen molar-refractivity contribution in [2.75, 3.05) is 65.4 Å². The summed E-state index contributed by atoms with van der Waals surface area (Å²) in [6.07, 6.45) is 11.3. The quantitative estimate of drug-likeness (QED) is 0.146. The lowest BCUT2D eigenvalue weighted by Gasteiger charge is -2.40. The average molecular weight is 1030 g/mol. The number of hydrogen-bond donors (Lipinski definition) is 2. The van der Waals surface area contributed by atoms with Gasteiger partial charge in [-0.15, -0.1) is 0 Å². The number of piperidine rings is 3. The number of aromatic amines is 1. The maximum atomic E-state index is 15.9. The molecule has 5 heterocycles. The lowest BCUT2D eigenvalue weighted by molar-refractivity contribution is -0.140. The number of H-pyrrole nitrogens is 1. The second-order valence-corrected chi connectivity index (χ2v) is 22.6. The molecule has 3 atom stereocenters. The van der Waals surface area contributed by atoms with Crippen LogP contribution >= 0.6 is 0 Å². The molecule has 4 aliphatic heterocycles. The van der Waals surface area contributed by atoms with Crippen molar-refractivity contribution >= 4 is 40.3 Å². The molecule has 1 unspecified atom stereocenters. The van der Waals surface area contributed by atoms with Gasteiger partial charge in [-0.25, -0.2) is 13.9 Å². The van der Waals surface area contributed by atoms with Crippen molar-refractivity contribution in [3.63, 3.8) is 0 Å². The summed E-state index contributed by atoms with van der Waals surface area (Å²) < 4.78 is 37.6. The minimum Gasteiger partial charge on any atom is -0.375 e. The Kier molecular flexibility index (Phi) is 15.8. The van der Waals surface area contributed by atoms with Crippen molar-refractivity contribution < 1.29 is 37.5 Å². The molecule has 2 N–H and O–H groups in total. The van der Waals surface area contributed by atoms with E-state index in [1.54, 1.807) is 40.1 Å². The fourth-order valence-electron chi connectivity index (χ4n) is 12.4. The van der Waals surface area contributed by atoms with Crippen LogP contribution < -0.4 is 10.9 Å². The number of rotatable bonds is 13. The molecule has 0 spiro atoms. The number of nitrogens with zero attached hydrogens (tertiary/aromatic N) is 6. The smallest absolute Gasteiger partial charge is 0.272 e. The van der Waals surface area contributed by atoms with E-state index in [1.165, 1.54) is 12.1 Å². The second kappa shape index (κ2) is 22.6. The Morgan fingerprint density at radius 3 is 2.11 bits per heavy atom. The van der Waals surface area contributed by atoms with Gasteiger partial charge in [0.1, 0.15) is 17.7 Å². The summed E-state index contributed by atoms with van der Waals surface area (Å²) in [4.78, 5) is 89.9. The van der Waals surface area contributed by atoms with E-state index in [0.29, 0.717) is 87.1 Å². The van der Waals surface area contributed by atoms with E-state index in [4.69, 9.17) is 4.74 Å². The number of carbonyl (C=O) groups excluding carboxylic acids is 5. The highest BCUT2D eigenvalue weighted by Crippen LogP contribution is 2.48. The molecule has 3 aromatic carbocycles. The minimum absolute atomic E-state index is 0.00657. The van der Waals surface area contributed by atoms with E-state index in [0.717, 1.165) is 76.2 Å². The highest BCUT2D eigenvalue weighted by Gasteiger charge is 2.49. The van der Waals surface area contributed by atoms with Crippen LogP contribution in [0, 0.1) is 23.0 Å². The third kappa shape index (κ3) is 11.8. The van der Waals surface area contributed by atoms with Gasteiger partial charge in [0, 0.05) is 82.2 Å². The lowest BCUT2D eigenvalue weighted by atomic mass is 9.82. The average Bonchev–Trinajstić information content (AvgIpc) is 4.20. The van der Waals surface area contributed by atoms with Crippen LogP contribution in [0.1, 0.15) is 141 Å². The number of carbonyl (C=O) groups is 5. The van der Waals surface area contributed by atoms with Gasteiger partial charge < -0.3 is 29.7 Å². The summed E-state index contributed by atoms with van der Waals surface area (Å²) in [5.41, 5.74) is 1.52. The summed E-state index contributed by atoms with van der Waals surface area (Å²) in [5.74, 6) is -2.04. The number of aromatic nitrogens is 2. The first-order valence-electron chi connectivity index (χ1n) is 27.6. The van der Waals surface area contributed by atoms with Gasteiger partial charge >= 0.3 is 0 Å². The molecular weight excluding hydrogens is 959 g/mol. The number of piperazine rings is 1. The van der Waals surface area contributed by atoms with Crippen LogP contribution in [0.5, 0.6) is 0 Å². The van der Waals surface area contributed by atoms with E-state index in [9.17, 15) is 28.8 Å². The number of amides is 5. The molecule has 6 fully saturated rings. The van der Waals surface area contributed by atoms with Gasteiger partial charge in [-0.05, 0) is 124 Å². The third-order valence-corrected chi connectivity index (χ3v) is 17.4. The van der Waals surface area contributed by atoms with Crippen LogP contribution in [0.3, 0.4) is 0 Å². The first-order valence-corrected chi connectivity index (χ1v) is 27.6. The predicted octanol–water partition coefficient (Wildman–Crippen LogP) is 6.82. The van der Waals surface area contributed by atoms with Crippen LogP contribution in [0.15, 0.2) is 65.5 Å². The van der Waals surface area contributed by atoms with E-state index in [1.807, 2.05) is 34.9 Å². The summed E-state index contributed by atoms with van der Waals surface area (Å²) in [7, 11) is 0. The zero-order valence-electron chi connectivity index (χ0n) is 43.5. The molecule has 6 aliphatic rings.